The predicted molar refractivity (Wildman–Crippen MR) is 292 cm³/mol. The van der Waals surface area contributed by atoms with Crippen LogP contribution in [0.3, 0.4) is 0 Å². The standard InChI is InChI=1S/C31H29Cl2NO2.C30H27Cl2NO2/c1-19-4-5-24-13-25(11-10-23(24)12-19)30-16-27(26-14-28(32)17-29(33)15-26)18-34(30)20(2)21-6-8-22(9-7-21)31(35)36-3;1-18-3-4-23-12-24(10-9-22(23)11-18)29-15-26(25-13-27(31)16-28(32)14-25)17-33(29)19(2)20-5-7-21(8-6-20)30(34)35/h4-15,17,20,27,30H,16,18H2,1-3H3;3-14,16,19,26,29H,15,17H2,1-2H3,(H,34,35)/t20?,27-,30+;19?,26-,29+/m00/s1. The van der Waals surface area contributed by atoms with Crippen LogP contribution >= 0.6 is 46.4 Å². The highest BCUT2D eigenvalue weighted by Crippen LogP contribution is 2.48. The Morgan fingerprint density at radius 3 is 1.24 bits per heavy atom. The molecule has 0 spiro atoms. The maximum Gasteiger partial charge on any atom is 0.337 e. The third kappa shape index (κ3) is 11.3. The van der Waals surface area contributed by atoms with Crippen LogP contribution in [0.5, 0.6) is 0 Å². The number of aryl methyl sites for hydroxylation is 2. The van der Waals surface area contributed by atoms with Gasteiger partial charge in [-0.05, 0) is 180 Å². The normalized spacial score (nSPS) is 19.1. The maximum absolute atomic E-state index is 11.9. The molecule has 0 amide bonds. The third-order valence-corrected chi connectivity index (χ3v) is 15.5. The average Bonchev–Trinajstić information content (AvgIpc) is 4.02. The number of hydrogen-bond acceptors (Lipinski definition) is 5. The first-order valence-corrected chi connectivity index (χ1v) is 25.6. The zero-order chi connectivity index (χ0) is 50.1. The van der Waals surface area contributed by atoms with Gasteiger partial charge in [-0.2, -0.15) is 0 Å². The zero-order valence-corrected chi connectivity index (χ0v) is 43.4. The van der Waals surface area contributed by atoms with Crippen molar-refractivity contribution in [3.05, 3.63) is 233 Å². The second-order valence-electron chi connectivity index (χ2n) is 19.3. The van der Waals surface area contributed by atoms with E-state index < -0.39 is 5.97 Å². The number of methoxy groups -OCH3 is 1. The second kappa shape index (κ2) is 21.6. The number of carboxylic acid groups (broad SMARTS) is 1. The molecule has 71 heavy (non-hydrogen) atoms. The summed E-state index contributed by atoms with van der Waals surface area (Å²) >= 11 is 25.4. The molecule has 362 valence electrons. The number of carboxylic acids is 1. The Labute approximate surface area is 436 Å². The van der Waals surface area contributed by atoms with Crippen molar-refractivity contribution < 1.29 is 19.4 Å². The minimum atomic E-state index is -0.910. The van der Waals surface area contributed by atoms with Crippen LogP contribution < -0.4 is 0 Å². The monoisotopic (exact) mass is 1020 g/mol. The first-order valence-electron chi connectivity index (χ1n) is 24.1. The lowest BCUT2D eigenvalue weighted by Crippen LogP contribution is -2.27. The number of likely N-dealkylation sites (tertiary alicyclic amines) is 2. The molecule has 0 aliphatic carbocycles. The van der Waals surface area contributed by atoms with E-state index in [1.807, 2.05) is 60.7 Å². The average molecular weight is 1020 g/mol. The van der Waals surface area contributed by atoms with E-state index in [1.165, 1.54) is 56.5 Å². The molecule has 2 heterocycles. The molecule has 8 aromatic rings. The number of ether oxygens (including phenoxy) is 1. The lowest BCUT2D eigenvalue weighted by Gasteiger charge is -2.31. The van der Waals surface area contributed by atoms with Crippen LogP contribution in [-0.4, -0.2) is 47.0 Å². The topological polar surface area (TPSA) is 70.1 Å². The Bertz CT molecular complexity index is 3210. The van der Waals surface area contributed by atoms with Crippen LogP contribution in [0.15, 0.2) is 158 Å². The van der Waals surface area contributed by atoms with Crippen LogP contribution in [0.4, 0.5) is 0 Å². The Morgan fingerprint density at radius 2 is 0.859 bits per heavy atom. The Hall–Kier alpha value is -5.70. The van der Waals surface area contributed by atoms with Crippen molar-refractivity contribution in [2.75, 3.05) is 20.2 Å². The molecule has 8 aromatic carbocycles. The van der Waals surface area contributed by atoms with E-state index in [0.29, 0.717) is 37.1 Å². The van der Waals surface area contributed by atoms with Gasteiger partial charge in [0.2, 0.25) is 0 Å². The van der Waals surface area contributed by atoms with Crippen molar-refractivity contribution in [3.63, 3.8) is 0 Å². The van der Waals surface area contributed by atoms with Crippen LogP contribution in [0.2, 0.25) is 20.1 Å². The molecular formula is C61H56Cl4N2O4. The quantitative estimate of drug-likeness (QED) is 0.138. The molecule has 10 heteroatoms. The lowest BCUT2D eigenvalue weighted by molar-refractivity contribution is 0.0599. The number of esters is 1. The van der Waals surface area contributed by atoms with Crippen molar-refractivity contribution in [2.24, 2.45) is 0 Å². The number of fused-ring (bicyclic) bond motifs is 2. The Kier molecular flexibility index (Phi) is 15.3. The van der Waals surface area contributed by atoms with Gasteiger partial charge in [0.25, 0.3) is 0 Å². The molecule has 0 radical (unpaired) electrons. The summed E-state index contributed by atoms with van der Waals surface area (Å²) in [6.45, 7) is 10.4. The van der Waals surface area contributed by atoms with Crippen LogP contribution in [0, 0.1) is 13.8 Å². The summed E-state index contributed by atoms with van der Waals surface area (Å²) in [6, 6.07) is 54.1. The Balaban J connectivity index is 0.000000176. The molecule has 10 rings (SSSR count). The molecule has 2 saturated heterocycles. The molecule has 6 atom stereocenters. The number of carbonyl (C=O) groups is 2. The smallest absolute Gasteiger partial charge is 0.337 e. The summed E-state index contributed by atoms with van der Waals surface area (Å²) in [5.41, 5.74) is 10.5. The minimum Gasteiger partial charge on any atom is -0.478 e. The largest absolute Gasteiger partial charge is 0.478 e. The highest BCUT2D eigenvalue weighted by atomic mass is 35.5. The van der Waals surface area contributed by atoms with Gasteiger partial charge in [0.15, 0.2) is 0 Å². The third-order valence-electron chi connectivity index (χ3n) is 14.6. The lowest BCUT2D eigenvalue weighted by atomic mass is 9.92. The fraction of sp³-hybridized carbons (Fsp3) is 0.246. The fourth-order valence-corrected chi connectivity index (χ4v) is 11.9. The number of rotatable bonds is 10. The van der Waals surface area contributed by atoms with Gasteiger partial charge in [-0.1, -0.05) is 142 Å². The van der Waals surface area contributed by atoms with Crippen molar-refractivity contribution >= 4 is 79.9 Å². The van der Waals surface area contributed by atoms with E-state index in [0.717, 1.165) is 42.6 Å². The summed E-state index contributed by atoms with van der Waals surface area (Å²) < 4.78 is 4.87. The predicted octanol–water partition coefficient (Wildman–Crippen LogP) is 17.0. The highest BCUT2D eigenvalue weighted by molar-refractivity contribution is 6.35. The van der Waals surface area contributed by atoms with E-state index in [9.17, 15) is 14.7 Å². The van der Waals surface area contributed by atoms with Gasteiger partial charge in [0.1, 0.15) is 0 Å². The summed E-state index contributed by atoms with van der Waals surface area (Å²) in [5.74, 6) is -0.646. The van der Waals surface area contributed by atoms with Crippen LogP contribution in [-0.2, 0) is 4.74 Å². The molecule has 2 aliphatic heterocycles. The number of nitrogens with zero attached hydrogens (tertiary/aromatic N) is 2. The molecule has 6 nitrogen and oxygen atoms in total. The SMILES string of the molecule is COC(=O)c1ccc(C(C)N2C[C@@H](c3cc(Cl)cc(Cl)c3)C[C@@H]2c2ccc3cc(C)ccc3c2)cc1.Cc1ccc2cc([C@H]3C[C@H](c4cc(Cl)cc(Cl)c4)CN3C(C)c3ccc(C(=O)O)cc3)ccc2c1. The maximum atomic E-state index is 11.9. The summed E-state index contributed by atoms with van der Waals surface area (Å²) in [5, 5.41) is 16.9. The first-order chi connectivity index (χ1) is 34.1. The van der Waals surface area contributed by atoms with Crippen molar-refractivity contribution in [2.45, 2.75) is 76.5 Å². The van der Waals surface area contributed by atoms with Gasteiger partial charge in [-0.25, -0.2) is 9.59 Å². The van der Waals surface area contributed by atoms with Crippen molar-refractivity contribution in [1.82, 2.24) is 9.80 Å². The summed E-state index contributed by atoms with van der Waals surface area (Å²) in [7, 11) is 1.40. The fourth-order valence-electron chi connectivity index (χ4n) is 10.8. The van der Waals surface area contributed by atoms with Crippen molar-refractivity contribution in [3.8, 4) is 0 Å². The number of carbonyl (C=O) groups excluding carboxylic acids is 1. The van der Waals surface area contributed by atoms with E-state index in [2.05, 4.69) is 110 Å². The van der Waals surface area contributed by atoms with Gasteiger partial charge in [-0.15, -0.1) is 0 Å². The first kappa shape index (κ1) is 50.2. The minimum absolute atomic E-state index is 0.108. The molecular weight excluding hydrogens is 966 g/mol. The number of aromatic carboxylic acids is 1. The number of hydrogen-bond donors (Lipinski definition) is 1. The Morgan fingerprint density at radius 1 is 0.493 bits per heavy atom. The molecule has 0 saturated carbocycles. The number of benzene rings is 8. The van der Waals surface area contributed by atoms with E-state index in [4.69, 9.17) is 51.1 Å². The molecule has 2 aliphatic rings. The van der Waals surface area contributed by atoms with Gasteiger partial charge in [-0.3, -0.25) is 9.80 Å². The molecule has 2 unspecified atom stereocenters. The van der Waals surface area contributed by atoms with Gasteiger partial charge in [0, 0.05) is 57.3 Å². The van der Waals surface area contributed by atoms with Gasteiger partial charge >= 0.3 is 11.9 Å². The van der Waals surface area contributed by atoms with Gasteiger partial charge < -0.3 is 9.84 Å². The molecule has 2 fully saturated rings. The van der Waals surface area contributed by atoms with E-state index in [1.54, 1.807) is 24.3 Å². The van der Waals surface area contributed by atoms with Gasteiger partial charge in [0.05, 0.1) is 18.2 Å². The second-order valence-corrected chi connectivity index (χ2v) is 21.1. The number of halogens is 4. The van der Waals surface area contributed by atoms with Crippen LogP contribution in [0.1, 0.15) is 128 Å². The van der Waals surface area contributed by atoms with E-state index >= 15 is 0 Å². The molecule has 1 N–H and O–H groups in total. The summed E-state index contributed by atoms with van der Waals surface area (Å²) in [4.78, 5) is 28.3. The van der Waals surface area contributed by atoms with Crippen LogP contribution in [0.25, 0.3) is 21.5 Å². The van der Waals surface area contributed by atoms with Crippen molar-refractivity contribution in [1.29, 1.82) is 0 Å². The van der Waals surface area contributed by atoms with E-state index in [-0.39, 0.29) is 36.1 Å². The highest BCUT2D eigenvalue weighted by Gasteiger charge is 2.39. The summed E-state index contributed by atoms with van der Waals surface area (Å²) in [6.07, 6.45) is 1.92. The molecule has 0 aromatic heterocycles. The zero-order valence-electron chi connectivity index (χ0n) is 40.4. The molecule has 0 bridgehead atoms.